The Morgan fingerprint density at radius 3 is 2.59 bits per heavy atom. The van der Waals surface area contributed by atoms with Crippen molar-refractivity contribution in [3.05, 3.63) is 28.5 Å². The van der Waals surface area contributed by atoms with E-state index in [9.17, 15) is 22.8 Å². The van der Waals surface area contributed by atoms with Gasteiger partial charge in [0.2, 0.25) is 0 Å². The fourth-order valence-corrected chi connectivity index (χ4v) is 5.71. The van der Waals surface area contributed by atoms with Gasteiger partial charge >= 0.3 is 6.18 Å². The van der Waals surface area contributed by atoms with Crippen LogP contribution in [0.25, 0.3) is 10.4 Å². The van der Waals surface area contributed by atoms with Gasteiger partial charge in [0, 0.05) is 43.6 Å². The molecule has 4 rings (SSSR count). The second kappa shape index (κ2) is 11.3. The lowest BCUT2D eigenvalue weighted by atomic mass is 10.1. The highest BCUT2D eigenvalue weighted by molar-refractivity contribution is 7.17. The predicted octanol–water partition coefficient (Wildman–Crippen LogP) is 4.80. The number of nitrogens with zero attached hydrogens (tertiary/aromatic N) is 3. The number of amides is 2. The smallest absolute Gasteiger partial charge is 0.381 e. The van der Waals surface area contributed by atoms with E-state index in [0.29, 0.717) is 48.6 Å². The van der Waals surface area contributed by atoms with Crippen LogP contribution in [0.15, 0.2) is 12.3 Å². The molecular weight excluding hydrogens is 507 g/mol. The molecule has 2 saturated heterocycles. The van der Waals surface area contributed by atoms with Crippen LogP contribution in [0.1, 0.15) is 71.8 Å². The van der Waals surface area contributed by atoms with E-state index < -0.39 is 12.2 Å². The van der Waals surface area contributed by atoms with Gasteiger partial charge in [0.1, 0.15) is 17.6 Å². The number of carbonyl (C=O) groups excluding carboxylic acids is 2. The van der Waals surface area contributed by atoms with Crippen molar-refractivity contribution in [1.29, 1.82) is 0 Å². The number of aromatic nitrogens is 2. The summed E-state index contributed by atoms with van der Waals surface area (Å²) in [5.74, 6) is -0.522. The average molecular weight is 540 g/mol. The van der Waals surface area contributed by atoms with Gasteiger partial charge in [-0.15, -0.1) is 11.3 Å². The maximum absolute atomic E-state index is 13.5. The van der Waals surface area contributed by atoms with Crippen LogP contribution in [0.2, 0.25) is 0 Å². The van der Waals surface area contributed by atoms with E-state index in [4.69, 9.17) is 4.74 Å². The standard InChI is InChI=1S/C25H32F3N5O3S/c1-4-18(25(26,27)28)31-19-12-14(2)17(13-29-19)21-20(24(35)33-9-5-6-15(33)3)32-23(37-21)22(34)30-16-7-10-36-11-8-16/h12-13,15-16,18H,4-11H2,1-3H3,(H,29,31)(H,30,34)/t15-,18-/m0/s1. The van der Waals surface area contributed by atoms with E-state index in [1.165, 1.54) is 19.2 Å². The minimum Gasteiger partial charge on any atom is -0.381 e. The summed E-state index contributed by atoms with van der Waals surface area (Å²) in [5, 5.41) is 5.60. The minimum absolute atomic E-state index is 0.0275. The first-order valence-corrected chi connectivity index (χ1v) is 13.4. The molecule has 202 valence electrons. The fourth-order valence-electron chi connectivity index (χ4n) is 4.67. The molecule has 2 aliphatic heterocycles. The van der Waals surface area contributed by atoms with Crippen LogP contribution >= 0.6 is 11.3 Å². The molecule has 37 heavy (non-hydrogen) atoms. The summed E-state index contributed by atoms with van der Waals surface area (Å²) in [4.78, 5) is 37.5. The molecule has 0 spiro atoms. The van der Waals surface area contributed by atoms with Gasteiger partial charge in [0.25, 0.3) is 11.8 Å². The summed E-state index contributed by atoms with van der Waals surface area (Å²) < 4.78 is 45.1. The van der Waals surface area contributed by atoms with Crippen molar-refractivity contribution in [3.63, 3.8) is 0 Å². The van der Waals surface area contributed by atoms with Crippen LogP contribution in [0, 0.1) is 6.92 Å². The number of alkyl halides is 3. The van der Waals surface area contributed by atoms with E-state index in [0.717, 1.165) is 24.2 Å². The number of carbonyl (C=O) groups is 2. The second-order valence-corrected chi connectivity index (χ2v) is 10.6. The minimum atomic E-state index is -4.40. The molecular formula is C25H32F3N5O3S. The zero-order chi connectivity index (χ0) is 26.7. The maximum Gasteiger partial charge on any atom is 0.408 e. The Labute approximate surface area is 218 Å². The highest BCUT2D eigenvalue weighted by atomic mass is 32.1. The Morgan fingerprint density at radius 2 is 2.00 bits per heavy atom. The highest BCUT2D eigenvalue weighted by Gasteiger charge is 2.38. The maximum atomic E-state index is 13.5. The molecule has 2 aromatic rings. The quantitative estimate of drug-likeness (QED) is 0.525. The van der Waals surface area contributed by atoms with Gasteiger partial charge in [-0.2, -0.15) is 13.2 Å². The summed E-state index contributed by atoms with van der Waals surface area (Å²) in [6.07, 6.45) is 0.0881. The van der Waals surface area contributed by atoms with E-state index in [-0.39, 0.29) is 46.8 Å². The fraction of sp³-hybridized carbons (Fsp3) is 0.600. The SMILES string of the molecule is CC[C@H](Nc1cc(C)c(-c2sc(C(=O)NC3CCOCC3)nc2C(=O)N2CCC[C@@H]2C)cn1)C(F)(F)F. The normalized spacial score (nSPS) is 19.6. The number of pyridine rings is 1. The molecule has 2 amide bonds. The van der Waals surface area contributed by atoms with Crippen LogP contribution in [-0.4, -0.2) is 70.7 Å². The third kappa shape index (κ3) is 6.23. The molecule has 0 saturated carbocycles. The Hall–Kier alpha value is -2.73. The number of anilines is 1. The van der Waals surface area contributed by atoms with Crippen LogP contribution < -0.4 is 10.6 Å². The average Bonchev–Trinajstić information content (AvgIpc) is 3.49. The lowest BCUT2D eigenvalue weighted by Crippen LogP contribution is -2.39. The molecule has 0 unspecified atom stereocenters. The van der Waals surface area contributed by atoms with E-state index in [1.807, 2.05) is 6.92 Å². The Balaban J connectivity index is 1.66. The molecule has 2 atom stereocenters. The van der Waals surface area contributed by atoms with Crippen molar-refractivity contribution in [2.24, 2.45) is 0 Å². The number of rotatable bonds is 7. The molecule has 4 heterocycles. The topological polar surface area (TPSA) is 96.4 Å². The van der Waals surface area contributed by atoms with Gasteiger partial charge in [-0.1, -0.05) is 6.92 Å². The van der Waals surface area contributed by atoms with Crippen molar-refractivity contribution in [2.75, 3.05) is 25.1 Å². The highest BCUT2D eigenvalue weighted by Crippen LogP contribution is 2.36. The Kier molecular flexibility index (Phi) is 8.37. The van der Waals surface area contributed by atoms with E-state index in [1.54, 1.807) is 11.8 Å². The van der Waals surface area contributed by atoms with Gasteiger partial charge in [-0.25, -0.2) is 9.97 Å². The van der Waals surface area contributed by atoms with Crippen LogP contribution in [-0.2, 0) is 4.74 Å². The number of ether oxygens (including phenoxy) is 1. The van der Waals surface area contributed by atoms with Crippen molar-refractivity contribution in [3.8, 4) is 10.4 Å². The molecule has 0 bridgehead atoms. The van der Waals surface area contributed by atoms with Crippen molar-refractivity contribution in [1.82, 2.24) is 20.2 Å². The van der Waals surface area contributed by atoms with Crippen molar-refractivity contribution in [2.45, 2.75) is 77.2 Å². The number of thiazole rings is 1. The zero-order valence-electron chi connectivity index (χ0n) is 21.2. The molecule has 12 heteroatoms. The lowest BCUT2D eigenvalue weighted by molar-refractivity contribution is -0.142. The second-order valence-electron chi connectivity index (χ2n) is 9.58. The first kappa shape index (κ1) is 27.3. The first-order chi connectivity index (χ1) is 17.6. The summed E-state index contributed by atoms with van der Waals surface area (Å²) in [6, 6.07) is -0.165. The van der Waals surface area contributed by atoms with Gasteiger partial charge in [0.15, 0.2) is 5.01 Å². The molecule has 2 N–H and O–H groups in total. The summed E-state index contributed by atoms with van der Waals surface area (Å²) in [5.41, 5.74) is 1.35. The van der Waals surface area contributed by atoms with Crippen LogP contribution in [0.4, 0.5) is 19.0 Å². The number of aryl methyl sites for hydroxylation is 1. The van der Waals surface area contributed by atoms with E-state index in [2.05, 4.69) is 20.6 Å². The summed E-state index contributed by atoms with van der Waals surface area (Å²) >= 11 is 1.10. The summed E-state index contributed by atoms with van der Waals surface area (Å²) in [6.45, 7) is 6.93. The molecule has 0 aromatic carbocycles. The third-order valence-corrected chi connectivity index (χ3v) is 7.96. The molecule has 2 fully saturated rings. The Morgan fingerprint density at radius 1 is 1.27 bits per heavy atom. The number of nitrogens with one attached hydrogen (secondary N) is 2. The first-order valence-electron chi connectivity index (χ1n) is 12.6. The van der Waals surface area contributed by atoms with Crippen LogP contribution in [0.3, 0.4) is 0 Å². The van der Waals surface area contributed by atoms with Crippen molar-refractivity contribution >= 4 is 29.0 Å². The number of hydrogen-bond acceptors (Lipinski definition) is 7. The van der Waals surface area contributed by atoms with Gasteiger partial charge in [-0.3, -0.25) is 9.59 Å². The molecule has 2 aromatic heterocycles. The van der Waals surface area contributed by atoms with Gasteiger partial charge in [-0.05, 0) is 57.6 Å². The third-order valence-electron chi connectivity index (χ3n) is 6.88. The van der Waals surface area contributed by atoms with Gasteiger partial charge < -0.3 is 20.3 Å². The monoisotopic (exact) mass is 539 g/mol. The van der Waals surface area contributed by atoms with E-state index >= 15 is 0 Å². The predicted molar refractivity (Wildman–Crippen MR) is 135 cm³/mol. The van der Waals surface area contributed by atoms with Crippen molar-refractivity contribution < 1.29 is 27.5 Å². The number of likely N-dealkylation sites (tertiary alicyclic amines) is 1. The number of halogens is 3. The largest absolute Gasteiger partial charge is 0.408 e. The zero-order valence-corrected chi connectivity index (χ0v) is 22.0. The molecule has 8 nitrogen and oxygen atoms in total. The van der Waals surface area contributed by atoms with Crippen LogP contribution in [0.5, 0.6) is 0 Å². The number of hydrogen-bond donors (Lipinski definition) is 2. The lowest BCUT2D eigenvalue weighted by Gasteiger charge is -2.22. The molecule has 0 aliphatic carbocycles. The molecule has 0 radical (unpaired) electrons. The van der Waals surface area contributed by atoms with Gasteiger partial charge in [0.05, 0.1) is 4.88 Å². The Bertz CT molecular complexity index is 1130. The summed E-state index contributed by atoms with van der Waals surface area (Å²) in [7, 11) is 0. The molecule has 2 aliphatic rings.